The summed E-state index contributed by atoms with van der Waals surface area (Å²) in [5, 5.41) is 10.1. The first-order chi connectivity index (χ1) is 15.7. The van der Waals surface area contributed by atoms with Crippen LogP contribution in [0.25, 0.3) is 57.5 Å². The summed E-state index contributed by atoms with van der Waals surface area (Å²) in [5.41, 5.74) is 9.29. The predicted octanol–water partition coefficient (Wildman–Crippen LogP) is 6.19. The monoisotopic (exact) mass is 517 g/mol. The minimum atomic E-state index is 0. The van der Waals surface area contributed by atoms with Gasteiger partial charge in [0.15, 0.2) is 0 Å². The Morgan fingerprint density at radius 2 is 1.18 bits per heavy atom. The van der Waals surface area contributed by atoms with E-state index in [2.05, 4.69) is 16.0 Å². The van der Waals surface area contributed by atoms with Crippen LogP contribution in [-0.2, 0) is 20.4 Å². The molecule has 0 amide bonds. The van der Waals surface area contributed by atoms with Crippen molar-refractivity contribution < 1.29 is 20.4 Å². The van der Waals surface area contributed by atoms with Gasteiger partial charge in [-0.2, -0.15) is 5.26 Å². The second-order valence-electron chi connectivity index (χ2n) is 7.72. The molecule has 0 radical (unpaired) electrons. The van der Waals surface area contributed by atoms with Crippen LogP contribution < -0.4 is 0 Å². The summed E-state index contributed by atoms with van der Waals surface area (Å²) in [7, 11) is 0. The summed E-state index contributed by atoms with van der Waals surface area (Å²) < 4.78 is 0. The molecule has 3 aromatic heterocycles. The van der Waals surface area contributed by atoms with E-state index in [4.69, 9.17) is 9.97 Å². The van der Waals surface area contributed by atoms with Gasteiger partial charge in [-0.1, -0.05) is 30.3 Å². The number of benzene rings is 1. The fourth-order valence-electron chi connectivity index (χ4n) is 4.10. The molecule has 1 aromatic carbocycles. The van der Waals surface area contributed by atoms with E-state index < -0.39 is 0 Å². The average molecular weight is 518 g/mol. The van der Waals surface area contributed by atoms with E-state index in [1.807, 2.05) is 91.0 Å². The third kappa shape index (κ3) is 3.97. The number of aromatic nitrogens is 4. The smallest absolute Gasteiger partial charge is 0.102 e. The van der Waals surface area contributed by atoms with Crippen molar-refractivity contribution in [1.82, 2.24) is 19.9 Å². The van der Waals surface area contributed by atoms with Crippen molar-refractivity contribution in [2.24, 2.45) is 0 Å². The van der Waals surface area contributed by atoms with Crippen molar-refractivity contribution >= 4 is 46.4 Å². The first-order valence-electron chi connectivity index (χ1n) is 10.3. The molecule has 5 heterocycles. The third-order valence-electron chi connectivity index (χ3n) is 5.52. The molecule has 6 rings (SSSR count). The molecule has 8 bridgehead atoms. The number of nitrogens with one attached hydrogen (secondary N) is 2. The summed E-state index contributed by atoms with van der Waals surface area (Å²) in [6.45, 7) is 0. The molecular weight excluding hydrogens is 501 g/mol. The minimum absolute atomic E-state index is 0. The minimum Gasteiger partial charge on any atom is -0.355 e. The van der Waals surface area contributed by atoms with E-state index in [0.717, 1.165) is 56.0 Å². The Balaban J connectivity index is 0.00000228. The van der Waals surface area contributed by atoms with Crippen molar-refractivity contribution in [2.75, 3.05) is 0 Å². The first kappa shape index (κ1) is 20.9. The molecule has 0 atom stereocenters. The maximum Gasteiger partial charge on any atom is 0.102 e. The van der Waals surface area contributed by atoms with Gasteiger partial charge < -0.3 is 9.97 Å². The Morgan fingerprint density at radius 1 is 0.636 bits per heavy atom. The van der Waals surface area contributed by atoms with Gasteiger partial charge in [-0.15, -0.1) is 0 Å². The second-order valence-corrected chi connectivity index (χ2v) is 7.72. The molecular formula is C27H17N5Pd. The predicted molar refractivity (Wildman–Crippen MR) is 129 cm³/mol. The molecule has 0 saturated carbocycles. The first-order valence-corrected chi connectivity index (χ1v) is 10.3. The molecule has 2 aliphatic rings. The second kappa shape index (κ2) is 8.49. The number of aromatic amines is 2. The van der Waals surface area contributed by atoms with Gasteiger partial charge >= 0.3 is 0 Å². The normalized spacial score (nSPS) is 11.7. The Kier molecular flexibility index (Phi) is 5.36. The summed E-state index contributed by atoms with van der Waals surface area (Å²) in [4.78, 5) is 16.3. The van der Waals surface area contributed by atoms with E-state index in [1.165, 1.54) is 0 Å². The SMILES string of the molecule is N#Cc1c(-c2ccccc2)c2cc3nc(cc4ccc(cc5nc(cc1[nH]2)C=C5)[nH]4)C=C3.[Pd]. The fraction of sp³-hybridized carbons (Fsp3) is 0. The van der Waals surface area contributed by atoms with Crippen LogP contribution in [0, 0.1) is 11.3 Å². The van der Waals surface area contributed by atoms with Gasteiger partial charge in [-0.3, -0.25) is 0 Å². The zero-order chi connectivity index (χ0) is 21.5. The quantitative estimate of drug-likeness (QED) is 0.255. The number of nitrogens with zero attached hydrogens (tertiary/aromatic N) is 3. The van der Waals surface area contributed by atoms with E-state index in [-0.39, 0.29) is 20.4 Å². The van der Waals surface area contributed by atoms with Crippen molar-refractivity contribution in [1.29, 1.82) is 5.26 Å². The van der Waals surface area contributed by atoms with Gasteiger partial charge in [0, 0.05) is 42.5 Å². The van der Waals surface area contributed by atoms with Crippen molar-refractivity contribution in [3.8, 4) is 17.2 Å². The Bertz CT molecular complexity index is 1630. The van der Waals surface area contributed by atoms with Gasteiger partial charge in [0.1, 0.15) is 6.07 Å². The molecule has 0 saturated heterocycles. The molecule has 4 aromatic rings. The maximum atomic E-state index is 10.1. The Hall–Kier alpha value is -4.03. The van der Waals surface area contributed by atoms with E-state index in [0.29, 0.717) is 5.56 Å². The fourth-order valence-corrected chi connectivity index (χ4v) is 4.10. The number of H-pyrrole nitrogens is 2. The topological polar surface area (TPSA) is 81.2 Å². The maximum absolute atomic E-state index is 10.1. The van der Waals surface area contributed by atoms with E-state index in [9.17, 15) is 5.26 Å². The largest absolute Gasteiger partial charge is 0.355 e. The molecule has 160 valence electrons. The standard InChI is InChI=1S/C27H17N5.Pd/c28-16-24-25-14-22-10-8-20(30-22)12-18-6-7-19(29-18)13-21-9-11-23(31-21)15-26(32-25)27(24)17-4-2-1-3-5-17;/h1-15,29,32H;. The van der Waals surface area contributed by atoms with Crippen LogP contribution in [0.1, 0.15) is 28.3 Å². The van der Waals surface area contributed by atoms with Crippen LogP contribution in [-0.4, -0.2) is 19.9 Å². The Labute approximate surface area is 203 Å². The van der Waals surface area contributed by atoms with Gasteiger partial charge in [-0.05, 0) is 66.3 Å². The van der Waals surface area contributed by atoms with Gasteiger partial charge in [0.25, 0.3) is 0 Å². The molecule has 0 unspecified atom stereocenters. The summed E-state index contributed by atoms with van der Waals surface area (Å²) in [5.74, 6) is 0. The molecule has 2 aliphatic heterocycles. The molecule has 2 N–H and O–H groups in total. The molecule has 0 aliphatic carbocycles. The number of rotatable bonds is 1. The summed E-state index contributed by atoms with van der Waals surface area (Å²) >= 11 is 0. The van der Waals surface area contributed by atoms with Crippen molar-refractivity contribution in [3.05, 3.63) is 95.1 Å². The van der Waals surface area contributed by atoms with E-state index >= 15 is 0 Å². The number of hydrogen-bond acceptors (Lipinski definition) is 3. The van der Waals surface area contributed by atoms with Crippen molar-refractivity contribution in [3.63, 3.8) is 0 Å². The molecule has 0 fully saturated rings. The molecule has 6 heteroatoms. The van der Waals surface area contributed by atoms with Crippen LogP contribution in [0.2, 0.25) is 0 Å². The van der Waals surface area contributed by atoms with Crippen LogP contribution in [0.4, 0.5) is 0 Å². The van der Waals surface area contributed by atoms with Gasteiger partial charge in [0.05, 0.1) is 33.9 Å². The van der Waals surface area contributed by atoms with E-state index in [1.54, 1.807) is 0 Å². The third-order valence-corrected chi connectivity index (χ3v) is 5.52. The Morgan fingerprint density at radius 3 is 1.76 bits per heavy atom. The van der Waals surface area contributed by atoms with Crippen LogP contribution in [0.3, 0.4) is 0 Å². The molecule has 33 heavy (non-hydrogen) atoms. The van der Waals surface area contributed by atoms with Crippen LogP contribution in [0.15, 0.2) is 66.7 Å². The summed E-state index contributed by atoms with van der Waals surface area (Å²) in [6.07, 6.45) is 7.90. The van der Waals surface area contributed by atoms with Gasteiger partial charge in [0.2, 0.25) is 0 Å². The summed E-state index contributed by atoms with van der Waals surface area (Å²) in [6, 6.07) is 24.3. The molecule has 0 spiro atoms. The average Bonchev–Trinajstić information content (AvgIpc) is 3.58. The number of nitriles is 1. The van der Waals surface area contributed by atoms with Crippen LogP contribution >= 0.6 is 0 Å². The zero-order valence-corrected chi connectivity index (χ0v) is 18.9. The van der Waals surface area contributed by atoms with Crippen molar-refractivity contribution in [2.45, 2.75) is 0 Å². The number of fused-ring (bicyclic) bond motifs is 8. The number of hydrogen-bond donors (Lipinski definition) is 2. The molecule has 5 nitrogen and oxygen atoms in total. The van der Waals surface area contributed by atoms with Gasteiger partial charge in [-0.25, -0.2) is 9.97 Å². The zero-order valence-electron chi connectivity index (χ0n) is 17.3. The van der Waals surface area contributed by atoms with Crippen LogP contribution in [0.5, 0.6) is 0 Å².